The minimum Gasteiger partial charge on any atom is -0.496 e. The standard InChI is InChI=1S/C24H23N3O2S/c1-17(22-13-8-14-30-22)25-24(28)20-16-27(15-18-9-4-3-5-10-18)26-23(20)19-11-6-7-12-21(19)29-2/h3-14,16-17H,15H2,1-2H3,(H,25,28)/t17-/m1/s1. The van der Waals surface area contributed by atoms with Crippen LogP contribution < -0.4 is 10.1 Å². The lowest BCUT2D eigenvalue weighted by molar-refractivity contribution is 0.0941. The first-order valence-electron chi connectivity index (χ1n) is 9.74. The molecular weight excluding hydrogens is 394 g/mol. The van der Waals surface area contributed by atoms with Crippen molar-refractivity contribution in [1.82, 2.24) is 15.1 Å². The van der Waals surface area contributed by atoms with Gasteiger partial charge in [0.15, 0.2) is 0 Å². The Kier molecular flexibility index (Phi) is 5.95. The number of aromatic nitrogens is 2. The molecule has 2 heterocycles. The van der Waals surface area contributed by atoms with E-state index in [2.05, 4.69) is 5.32 Å². The van der Waals surface area contributed by atoms with Crippen LogP contribution in [0.4, 0.5) is 0 Å². The largest absolute Gasteiger partial charge is 0.496 e. The van der Waals surface area contributed by atoms with Crippen molar-refractivity contribution in [3.05, 3.63) is 94.3 Å². The SMILES string of the molecule is COc1ccccc1-c1nn(Cc2ccccc2)cc1C(=O)N[C@H](C)c1cccs1. The number of carbonyl (C=O) groups is 1. The Balaban J connectivity index is 1.70. The van der Waals surface area contributed by atoms with Crippen molar-refractivity contribution in [1.29, 1.82) is 0 Å². The van der Waals surface area contributed by atoms with Gasteiger partial charge in [-0.15, -0.1) is 11.3 Å². The molecule has 0 saturated heterocycles. The minimum atomic E-state index is -0.156. The molecule has 0 aliphatic rings. The van der Waals surface area contributed by atoms with Crippen LogP contribution in [0.3, 0.4) is 0 Å². The van der Waals surface area contributed by atoms with Crippen molar-refractivity contribution in [2.24, 2.45) is 0 Å². The topological polar surface area (TPSA) is 56.2 Å². The van der Waals surface area contributed by atoms with Crippen LogP contribution in [0.25, 0.3) is 11.3 Å². The first kappa shape index (κ1) is 19.9. The number of ether oxygens (including phenoxy) is 1. The zero-order valence-corrected chi connectivity index (χ0v) is 17.7. The summed E-state index contributed by atoms with van der Waals surface area (Å²) in [6.45, 7) is 2.57. The number of thiophene rings is 1. The average molecular weight is 418 g/mol. The summed E-state index contributed by atoms with van der Waals surface area (Å²) in [6, 6.07) is 21.6. The fourth-order valence-corrected chi connectivity index (χ4v) is 4.10. The number of hydrogen-bond donors (Lipinski definition) is 1. The number of carbonyl (C=O) groups excluding carboxylic acids is 1. The fourth-order valence-electron chi connectivity index (χ4n) is 3.36. The number of amides is 1. The second kappa shape index (κ2) is 8.97. The Morgan fingerprint density at radius 1 is 1.10 bits per heavy atom. The van der Waals surface area contributed by atoms with Gasteiger partial charge < -0.3 is 10.1 Å². The number of para-hydroxylation sites is 1. The summed E-state index contributed by atoms with van der Waals surface area (Å²) in [5, 5.41) is 9.86. The van der Waals surface area contributed by atoms with E-state index >= 15 is 0 Å². The third-order valence-electron chi connectivity index (χ3n) is 4.87. The van der Waals surface area contributed by atoms with Crippen LogP contribution in [0.15, 0.2) is 78.3 Å². The highest BCUT2D eigenvalue weighted by Gasteiger charge is 2.22. The lowest BCUT2D eigenvalue weighted by atomic mass is 10.1. The molecule has 0 saturated carbocycles. The van der Waals surface area contributed by atoms with E-state index in [0.717, 1.165) is 16.0 Å². The van der Waals surface area contributed by atoms with Crippen molar-refractivity contribution in [2.75, 3.05) is 7.11 Å². The van der Waals surface area contributed by atoms with E-state index in [4.69, 9.17) is 9.84 Å². The van der Waals surface area contributed by atoms with Gasteiger partial charge in [0.1, 0.15) is 11.4 Å². The number of methoxy groups -OCH3 is 1. The molecule has 0 fully saturated rings. The molecule has 6 heteroatoms. The summed E-state index contributed by atoms with van der Waals surface area (Å²) in [4.78, 5) is 14.3. The molecule has 2 aromatic heterocycles. The first-order chi connectivity index (χ1) is 14.7. The van der Waals surface area contributed by atoms with E-state index in [1.165, 1.54) is 0 Å². The second-order valence-electron chi connectivity index (χ2n) is 6.99. The number of rotatable bonds is 7. The van der Waals surface area contributed by atoms with Crippen molar-refractivity contribution in [2.45, 2.75) is 19.5 Å². The van der Waals surface area contributed by atoms with E-state index in [-0.39, 0.29) is 11.9 Å². The van der Waals surface area contributed by atoms with Crippen LogP contribution >= 0.6 is 11.3 Å². The Morgan fingerprint density at radius 2 is 1.87 bits per heavy atom. The van der Waals surface area contributed by atoms with Gasteiger partial charge in [-0.1, -0.05) is 48.5 Å². The van der Waals surface area contributed by atoms with Gasteiger partial charge in [0, 0.05) is 16.6 Å². The quantitative estimate of drug-likeness (QED) is 0.452. The summed E-state index contributed by atoms with van der Waals surface area (Å²) in [6.07, 6.45) is 1.81. The Morgan fingerprint density at radius 3 is 2.60 bits per heavy atom. The van der Waals surface area contributed by atoms with E-state index in [1.807, 2.05) is 89.9 Å². The van der Waals surface area contributed by atoms with Crippen LogP contribution in [0.5, 0.6) is 5.75 Å². The van der Waals surface area contributed by atoms with Crippen molar-refractivity contribution < 1.29 is 9.53 Å². The van der Waals surface area contributed by atoms with Crippen LogP contribution in [0, 0.1) is 0 Å². The Bertz CT molecular complexity index is 1120. The highest BCUT2D eigenvalue weighted by Crippen LogP contribution is 2.31. The zero-order valence-electron chi connectivity index (χ0n) is 16.9. The summed E-state index contributed by atoms with van der Waals surface area (Å²) < 4.78 is 7.33. The van der Waals surface area contributed by atoms with Crippen LogP contribution in [0.1, 0.15) is 33.8 Å². The van der Waals surface area contributed by atoms with Gasteiger partial charge in [-0.2, -0.15) is 5.10 Å². The van der Waals surface area contributed by atoms with Gasteiger partial charge in [0.2, 0.25) is 0 Å². The lowest BCUT2D eigenvalue weighted by Crippen LogP contribution is -2.26. The fraction of sp³-hybridized carbons (Fsp3) is 0.167. The molecule has 1 atom stereocenters. The molecule has 0 radical (unpaired) electrons. The average Bonchev–Trinajstić information content (AvgIpc) is 3.45. The van der Waals surface area contributed by atoms with E-state index in [1.54, 1.807) is 18.4 Å². The van der Waals surface area contributed by atoms with Gasteiger partial charge in [0.25, 0.3) is 5.91 Å². The van der Waals surface area contributed by atoms with Crippen LogP contribution in [-0.4, -0.2) is 22.8 Å². The Labute approximate surface area is 179 Å². The predicted octanol–water partition coefficient (Wildman–Crippen LogP) is 5.16. The third-order valence-corrected chi connectivity index (χ3v) is 5.93. The summed E-state index contributed by atoms with van der Waals surface area (Å²) in [7, 11) is 1.62. The molecule has 1 N–H and O–H groups in total. The molecule has 30 heavy (non-hydrogen) atoms. The number of benzene rings is 2. The van der Waals surface area contributed by atoms with Gasteiger partial charge in [-0.05, 0) is 36.1 Å². The predicted molar refractivity (Wildman–Crippen MR) is 120 cm³/mol. The maximum absolute atomic E-state index is 13.2. The maximum atomic E-state index is 13.2. The van der Waals surface area contributed by atoms with Gasteiger partial charge in [-0.3, -0.25) is 9.48 Å². The molecule has 5 nitrogen and oxygen atoms in total. The lowest BCUT2D eigenvalue weighted by Gasteiger charge is -2.12. The molecule has 0 spiro atoms. The van der Waals surface area contributed by atoms with E-state index in [9.17, 15) is 4.79 Å². The summed E-state index contributed by atoms with van der Waals surface area (Å²) in [5.41, 5.74) is 3.05. The minimum absolute atomic E-state index is 0.0829. The normalized spacial score (nSPS) is 11.8. The molecule has 1 amide bonds. The van der Waals surface area contributed by atoms with Crippen molar-refractivity contribution >= 4 is 17.2 Å². The number of nitrogens with one attached hydrogen (secondary N) is 1. The molecule has 2 aromatic carbocycles. The Hall–Kier alpha value is -3.38. The highest BCUT2D eigenvalue weighted by atomic mass is 32.1. The van der Waals surface area contributed by atoms with E-state index < -0.39 is 0 Å². The molecule has 0 bridgehead atoms. The number of nitrogens with zero attached hydrogens (tertiary/aromatic N) is 2. The molecule has 4 rings (SSSR count). The third kappa shape index (κ3) is 4.28. The molecule has 0 unspecified atom stereocenters. The molecule has 4 aromatic rings. The van der Waals surface area contributed by atoms with Crippen LogP contribution in [0.2, 0.25) is 0 Å². The summed E-state index contributed by atoms with van der Waals surface area (Å²) >= 11 is 1.63. The smallest absolute Gasteiger partial charge is 0.255 e. The number of hydrogen-bond acceptors (Lipinski definition) is 4. The van der Waals surface area contributed by atoms with Crippen molar-refractivity contribution in [3.63, 3.8) is 0 Å². The van der Waals surface area contributed by atoms with Gasteiger partial charge in [-0.25, -0.2) is 0 Å². The second-order valence-corrected chi connectivity index (χ2v) is 7.96. The van der Waals surface area contributed by atoms with Gasteiger partial charge in [0.05, 0.1) is 25.3 Å². The molecule has 152 valence electrons. The zero-order chi connectivity index (χ0) is 20.9. The van der Waals surface area contributed by atoms with E-state index in [0.29, 0.717) is 23.6 Å². The highest BCUT2D eigenvalue weighted by molar-refractivity contribution is 7.10. The van der Waals surface area contributed by atoms with Crippen LogP contribution in [-0.2, 0) is 6.54 Å². The van der Waals surface area contributed by atoms with Crippen molar-refractivity contribution in [3.8, 4) is 17.0 Å². The molecule has 0 aliphatic heterocycles. The molecular formula is C24H23N3O2S. The van der Waals surface area contributed by atoms with Gasteiger partial charge >= 0.3 is 0 Å². The maximum Gasteiger partial charge on any atom is 0.255 e. The summed E-state index contributed by atoms with van der Waals surface area (Å²) in [5.74, 6) is 0.527. The molecule has 0 aliphatic carbocycles. The monoisotopic (exact) mass is 417 g/mol. The first-order valence-corrected chi connectivity index (χ1v) is 10.6.